The number of rotatable bonds is 4. The Morgan fingerprint density at radius 3 is 2.86 bits per heavy atom. The number of amidine groups is 1. The second-order valence-corrected chi connectivity index (χ2v) is 2.14. The number of nitrogens with two attached hydrogens (primary N) is 2. The number of hydrogen-bond acceptors (Lipinski definition) is 7. The molecule has 0 unspecified atom stereocenters. The number of nitrogens with zero attached hydrogens (tertiary/aromatic N) is 3. The topological polar surface area (TPSA) is 150 Å². The first-order valence-electron chi connectivity index (χ1n) is 3.37. The smallest absolute Gasteiger partial charge is 0.344 e. The lowest BCUT2D eigenvalue weighted by Crippen LogP contribution is -2.17. The summed E-state index contributed by atoms with van der Waals surface area (Å²) in [5.74, 6) is -1.43. The number of hydrogen-bond donors (Lipinski definition) is 3. The van der Waals surface area contributed by atoms with Gasteiger partial charge in [-0.2, -0.15) is 0 Å². The fraction of sp³-hybridized carbons (Fsp3) is 0.200. The van der Waals surface area contributed by atoms with E-state index in [2.05, 4.69) is 24.9 Å². The van der Waals surface area contributed by atoms with E-state index in [0.29, 0.717) is 0 Å². The van der Waals surface area contributed by atoms with Crippen LogP contribution in [0.2, 0.25) is 0 Å². The summed E-state index contributed by atoms with van der Waals surface area (Å²) >= 11 is 0. The van der Waals surface area contributed by atoms with E-state index in [-0.39, 0.29) is 17.3 Å². The molecule has 0 spiro atoms. The van der Waals surface area contributed by atoms with Gasteiger partial charge in [0.1, 0.15) is 0 Å². The molecule has 9 heteroatoms. The van der Waals surface area contributed by atoms with Crippen molar-refractivity contribution in [3.8, 4) is 0 Å². The van der Waals surface area contributed by atoms with Gasteiger partial charge in [-0.15, -0.1) is 0 Å². The van der Waals surface area contributed by atoms with Crippen molar-refractivity contribution < 1.29 is 19.4 Å². The van der Waals surface area contributed by atoms with Crippen LogP contribution in [0.5, 0.6) is 0 Å². The van der Waals surface area contributed by atoms with Crippen LogP contribution in [0.25, 0.3) is 0 Å². The number of nitrogen functional groups attached to an aromatic ring is 1. The first kappa shape index (κ1) is 9.77. The number of oxime groups is 1. The molecule has 9 nitrogen and oxygen atoms in total. The van der Waals surface area contributed by atoms with E-state index in [4.69, 9.17) is 16.6 Å². The molecule has 0 aliphatic rings. The zero-order chi connectivity index (χ0) is 10.6. The summed E-state index contributed by atoms with van der Waals surface area (Å²) in [5.41, 5.74) is 10.6. The molecule has 0 aromatic carbocycles. The summed E-state index contributed by atoms with van der Waals surface area (Å²) in [4.78, 5) is 14.4. The highest BCUT2D eigenvalue weighted by Gasteiger charge is 2.11. The van der Waals surface area contributed by atoms with Gasteiger partial charge < -0.3 is 21.4 Å². The van der Waals surface area contributed by atoms with Gasteiger partial charge in [0.15, 0.2) is 17.3 Å². The number of carboxylic acid groups (broad SMARTS) is 1. The standard InChI is InChI=1S/C5H7N5O4/c6-4(9-13-1-2(11)12)3-5(7)10-14-8-3/h1H2,(H2,6,9)(H2,7,10)(H,11,12). The molecule has 0 bridgehead atoms. The predicted octanol–water partition coefficient (Wildman–Crippen LogP) is -1.63. The zero-order valence-electron chi connectivity index (χ0n) is 6.88. The van der Waals surface area contributed by atoms with Crippen LogP contribution in [0, 0.1) is 0 Å². The van der Waals surface area contributed by atoms with Crippen LogP contribution in [0.4, 0.5) is 5.82 Å². The monoisotopic (exact) mass is 201 g/mol. The molecule has 0 saturated heterocycles. The fourth-order valence-electron chi connectivity index (χ4n) is 0.573. The quantitative estimate of drug-likeness (QED) is 0.298. The van der Waals surface area contributed by atoms with Crippen LogP contribution in [0.15, 0.2) is 9.78 Å². The Bertz CT molecular complexity index is 359. The van der Waals surface area contributed by atoms with Crippen molar-refractivity contribution in [3.63, 3.8) is 0 Å². The van der Waals surface area contributed by atoms with Crippen molar-refractivity contribution in [2.24, 2.45) is 10.9 Å². The van der Waals surface area contributed by atoms with Gasteiger partial charge in [0, 0.05) is 0 Å². The van der Waals surface area contributed by atoms with Gasteiger partial charge in [-0.1, -0.05) is 5.16 Å². The molecule has 1 aromatic heterocycles. The average Bonchev–Trinajstić information content (AvgIpc) is 2.50. The molecular formula is C5H7N5O4. The first-order valence-corrected chi connectivity index (χ1v) is 3.37. The minimum atomic E-state index is -1.17. The number of aromatic nitrogens is 2. The largest absolute Gasteiger partial charge is 0.479 e. The van der Waals surface area contributed by atoms with E-state index in [1.165, 1.54) is 0 Å². The van der Waals surface area contributed by atoms with Crippen LogP contribution in [0.3, 0.4) is 0 Å². The summed E-state index contributed by atoms with van der Waals surface area (Å²) in [6, 6.07) is 0. The number of carboxylic acids is 1. The molecule has 0 amide bonds. The third kappa shape index (κ3) is 2.33. The van der Waals surface area contributed by atoms with E-state index in [1.54, 1.807) is 0 Å². The van der Waals surface area contributed by atoms with E-state index in [1.807, 2.05) is 0 Å². The maximum atomic E-state index is 10.0. The Morgan fingerprint density at radius 2 is 2.36 bits per heavy atom. The minimum absolute atomic E-state index is 0.00962. The lowest BCUT2D eigenvalue weighted by molar-refractivity contribution is -0.142. The second kappa shape index (κ2) is 4.07. The second-order valence-electron chi connectivity index (χ2n) is 2.14. The van der Waals surface area contributed by atoms with Crippen molar-refractivity contribution >= 4 is 17.6 Å². The van der Waals surface area contributed by atoms with Gasteiger partial charge in [0.05, 0.1) is 0 Å². The fourth-order valence-corrected chi connectivity index (χ4v) is 0.573. The lowest BCUT2D eigenvalue weighted by atomic mass is 10.4. The number of aliphatic carboxylic acids is 1. The van der Waals surface area contributed by atoms with E-state index in [0.717, 1.165) is 0 Å². The highest BCUT2D eigenvalue weighted by atomic mass is 16.6. The summed E-state index contributed by atoms with van der Waals surface area (Å²) in [6.07, 6.45) is 0. The van der Waals surface area contributed by atoms with Crippen LogP contribution in [-0.4, -0.2) is 33.8 Å². The lowest BCUT2D eigenvalue weighted by Gasteiger charge is -1.95. The molecule has 76 valence electrons. The SMILES string of the molecule is NC(=NOCC(=O)O)c1nonc1N. The molecular weight excluding hydrogens is 194 g/mol. The maximum absolute atomic E-state index is 10.0. The normalized spacial score (nSPS) is 11.3. The first-order chi connectivity index (χ1) is 6.61. The molecule has 14 heavy (non-hydrogen) atoms. The molecule has 1 heterocycles. The van der Waals surface area contributed by atoms with Gasteiger partial charge in [0.2, 0.25) is 6.61 Å². The van der Waals surface area contributed by atoms with Crippen LogP contribution in [-0.2, 0) is 9.63 Å². The summed E-state index contributed by atoms with van der Waals surface area (Å²) in [5, 5.41) is 18.0. The minimum Gasteiger partial charge on any atom is -0.479 e. The average molecular weight is 201 g/mol. The Labute approximate surface area is 77.3 Å². The van der Waals surface area contributed by atoms with E-state index >= 15 is 0 Å². The summed E-state index contributed by atoms with van der Waals surface area (Å²) < 4.78 is 4.24. The van der Waals surface area contributed by atoms with Gasteiger partial charge in [-0.05, 0) is 10.3 Å². The molecule has 1 aromatic rings. The molecule has 0 fully saturated rings. The Kier molecular flexibility index (Phi) is 2.84. The van der Waals surface area contributed by atoms with Crippen LogP contribution < -0.4 is 11.5 Å². The molecule has 0 aliphatic carbocycles. The van der Waals surface area contributed by atoms with E-state index < -0.39 is 12.6 Å². The van der Waals surface area contributed by atoms with Crippen molar-refractivity contribution in [2.45, 2.75) is 0 Å². The van der Waals surface area contributed by atoms with Crippen molar-refractivity contribution in [3.05, 3.63) is 5.69 Å². The van der Waals surface area contributed by atoms with Gasteiger partial charge in [-0.25, -0.2) is 9.42 Å². The third-order valence-electron chi connectivity index (χ3n) is 1.11. The number of anilines is 1. The molecule has 0 atom stereocenters. The van der Waals surface area contributed by atoms with Crippen LogP contribution in [0.1, 0.15) is 5.69 Å². The highest BCUT2D eigenvalue weighted by molar-refractivity contribution is 5.98. The van der Waals surface area contributed by atoms with Crippen molar-refractivity contribution in [1.82, 2.24) is 10.3 Å². The van der Waals surface area contributed by atoms with Crippen molar-refractivity contribution in [1.29, 1.82) is 0 Å². The Hall–Kier alpha value is -2.32. The highest BCUT2D eigenvalue weighted by Crippen LogP contribution is 2.02. The van der Waals surface area contributed by atoms with Crippen LogP contribution >= 0.6 is 0 Å². The zero-order valence-corrected chi connectivity index (χ0v) is 6.88. The maximum Gasteiger partial charge on any atom is 0.344 e. The molecule has 1 rings (SSSR count). The van der Waals surface area contributed by atoms with Gasteiger partial charge in [0.25, 0.3) is 0 Å². The van der Waals surface area contributed by atoms with Crippen molar-refractivity contribution in [2.75, 3.05) is 12.3 Å². The molecule has 0 radical (unpaired) electrons. The molecule has 5 N–H and O–H groups in total. The van der Waals surface area contributed by atoms with Gasteiger partial charge in [-0.3, -0.25) is 0 Å². The number of carbonyl (C=O) groups is 1. The Morgan fingerprint density at radius 1 is 1.64 bits per heavy atom. The summed E-state index contributed by atoms with van der Waals surface area (Å²) in [6.45, 7) is -0.605. The molecule has 0 aliphatic heterocycles. The predicted molar refractivity (Wildman–Crippen MR) is 43.0 cm³/mol. The Balaban J connectivity index is 2.61. The summed E-state index contributed by atoms with van der Waals surface area (Å²) in [7, 11) is 0. The van der Waals surface area contributed by atoms with Gasteiger partial charge >= 0.3 is 5.97 Å². The third-order valence-corrected chi connectivity index (χ3v) is 1.11. The molecule has 0 saturated carbocycles. The van der Waals surface area contributed by atoms with E-state index in [9.17, 15) is 4.79 Å².